The second-order valence-electron chi connectivity index (χ2n) is 6.63. The molecule has 132 valence electrons. The molecule has 1 aliphatic heterocycles. The molecule has 5 nitrogen and oxygen atoms in total. The largest absolute Gasteiger partial charge is 0.372 e. The lowest BCUT2D eigenvalue weighted by Crippen LogP contribution is -2.29. The molecular weight excluding hydrogens is 324 g/mol. The topological polar surface area (TPSA) is 51.0 Å². The predicted octanol–water partition coefficient (Wildman–Crippen LogP) is 3.34. The molecule has 3 heterocycles. The van der Waals surface area contributed by atoms with Crippen molar-refractivity contribution in [2.24, 2.45) is 0 Å². The van der Waals surface area contributed by atoms with Gasteiger partial charge in [0.2, 0.25) is 0 Å². The van der Waals surface area contributed by atoms with Crippen LogP contribution in [-0.4, -0.2) is 27.9 Å². The van der Waals surface area contributed by atoms with Gasteiger partial charge in [-0.15, -0.1) is 0 Å². The van der Waals surface area contributed by atoms with Crippen LogP contribution in [0.3, 0.4) is 0 Å². The van der Waals surface area contributed by atoms with Crippen molar-refractivity contribution in [2.45, 2.75) is 25.8 Å². The number of hydrogen-bond acceptors (Lipinski definition) is 4. The van der Waals surface area contributed by atoms with Gasteiger partial charge in [0, 0.05) is 36.6 Å². The van der Waals surface area contributed by atoms with Crippen LogP contribution in [0.15, 0.2) is 65.6 Å². The van der Waals surface area contributed by atoms with E-state index >= 15 is 0 Å². The first-order chi connectivity index (χ1) is 12.8. The van der Waals surface area contributed by atoms with Crippen molar-refractivity contribution in [3.05, 3.63) is 76.8 Å². The van der Waals surface area contributed by atoms with Crippen molar-refractivity contribution in [1.82, 2.24) is 14.8 Å². The smallest absolute Gasteiger partial charge is 0.267 e. The number of pyridine rings is 1. The van der Waals surface area contributed by atoms with Gasteiger partial charge in [0.05, 0.1) is 17.9 Å². The number of nitrogens with zero attached hydrogens (tertiary/aromatic N) is 4. The Hall–Kier alpha value is -2.95. The molecule has 0 saturated carbocycles. The van der Waals surface area contributed by atoms with Crippen molar-refractivity contribution in [1.29, 1.82) is 0 Å². The van der Waals surface area contributed by atoms with E-state index in [2.05, 4.69) is 39.2 Å². The van der Waals surface area contributed by atoms with E-state index in [1.165, 1.54) is 29.6 Å². The fraction of sp³-hybridized carbons (Fsp3) is 0.286. The Bertz CT molecular complexity index is 913. The fourth-order valence-electron chi connectivity index (χ4n) is 3.36. The summed E-state index contributed by atoms with van der Waals surface area (Å²) in [6.07, 6.45) is 5.59. The normalized spacial score (nSPS) is 14.4. The van der Waals surface area contributed by atoms with Gasteiger partial charge in [0.25, 0.3) is 5.56 Å². The second-order valence-corrected chi connectivity index (χ2v) is 6.63. The molecule has 0 spiro atoms. The lowest BCUT2D eigenvalue weighted by molar-refractivity contribution is 0.578. The molecule has 2 aromatic heterocycles. The Kier molecular flexibility index (Phi) is 4.78. The molecular formula is C21H22N4O. The highest BCUT2D eigenvalue weighted by atomic mass is 16.1. The quantitative estimate of drug-likeness (QED) is 0.727. The number of anilines is 1. The molecule has 4 rings (SSSR count). The number of rotatable bonds is 4. The van der Waals surface area contributed by atoms with Crippen LogP contribution in [0.1, 0.15) is 25.0 Å². The summed E-state index contributed by atoms with van der Waals surface area (Å²) in [6.45, 7) is 2.64. The molecule has 5 heteroatoms. The zero-order valence-electron chi connectivity index (χ0n) is 14.7. The highest BCUT2D eigenvalue weighted by molar-refractivity contribution is 5.62. The summed E-state index contributed by atoms with van der Waals surface area (Å²) in [5.74, 6) is 0. The Morgan fingerprint density at radius 1 is 0.885 bits per heavy atom. The standard InChI is InChI=1S/C21H22N4O/c26-21-12-11-20(23-25(21)16-18-6-2-3-13-22-18)17-7-9-19(10-8-17)24-14-4-1-5-15-24/h2-3,6-13H,1,4-5,14-16H2. The third kappa shape index (κ3) is 3.67. The van der Waals surface area contributed by atoms with Crippen LogP contribution in [-0.2, 0) is 6.54 Å². The molecule has 0 N–H and O–H groups in total. The zero-order valence-corrected chi connectivity index (χ0v) is 14.7. The monoisotopic (exact) mass is 346 g/mol. The predicted molar refractivity (Wildman–Crippen MR) is 103 cm³/mol. The van der Waals surface area contributed by atoms with Crippen molar-refractivity contribution in [2.75, 3.05) is 18.0 Å². The minimum absolute atomic E-state index is 0.121. The number of benzene rings is 1. The summed E-state index contributed by atoms with van der Waals surface area (Å²) in [6, 6.07) is 17.5. The molecule has 3 aromatic rings. The van der Waals surface area contributed by atoms with Crippen molar-refractivity contribution < 1.29 is 0 Å². The molecule has 0 atom stereocenters. The van der Waals surface area contributed by atoms with Crippen LogP contribution in [0.4, 0.5) is 5.69 Å². The molecule has 0 radical (unpaired) electrons. The third-order valence-electron chi connectivity index (χ3n) is 4.79. The van der Waals surface area contributed by atoms with Crippen molar-refractivity contribution >= 4 is 5.69 Å². The Balaban J connectivity index is 1.57. The number of piperidine rings is 1. The molecule has 26 heavy (non-hydrogen) atoms. The van der Waals surface area contributed by atoms with Gasteiger partial charge in [-0.1, -0.05) is 18.2 Å². The number of hydrogen-bond donors (Lipinski definition) is 0. The van der Waals surface area contributed by atoms with Gasteiger partial charge in [-0.3, -0.25) is 9.78 Å². The van der Waals surface area contributed by atoms with Crippen LogP contribution in [0.2, 0.25) is 0 Å². The fourth-order valence-corrected chi connectivity index (χ4v) is 3.36. The maximum Gasteiger partial charge on any atom is 0.267 e. The minimum Gasteiger partial charge on any atom is -0.372 e. The average molecular weight is 346 g/mol. The van der Waals surface area contributed by atoms with Gasteiger partial charge < -0.3 is 4.90 Å². The maximum atomic E-state index is 12.1. The SMILES string of the molecule is O=c1ccc(-c2ccc(N3CCCCC3)cc2)nn1Cc1ccccn1. The lowest BCUT2D eigenvalue weighted by atomic mass is 10.1. The zero-order chi connectivity index (χ0) is 17.8. The van der Waals surface area contributed by atoms with E-state index < -0.39 is 0 Å². The van der Waals surface area contributed by atoms with E-state index in [4.69, 9.17) is 0 Å². The van der Waals surface area contributed by atoms with E-state index in [0.717, 1.165) is 30.0 Å². The van der Waals surface area contributed by atoms with Gasteiger partial charge in [-0.05, 0) is 49.6 Å². The average Bonchev–Trinajstić information content (AvgIpc) is 2.71. The molecule has 0 unspecified atom stereocenters. The van der Waals surface area contributed by atoms with E-state index in [1.807, 2.05) is 18.2 Å². The Morgan fingerprint density at radius 2 is 1.69 bits per heavy atom. The van der Waals surface area contributed by atoms with E-state index in [0.29, 0.717) is 6.54 Å². The number of aromatic nitrogens is 3. The van der Waals surface area contributed by atoms with Crippen LogP contribution in [0.5, 0.6) is 0 Å². The van der Waals surface area contributed by atoms with E-state index in [9.17, 15) is 4.79 Å². The van der Waals surface area contributed by atoms with Gasteiger partial charge in [-0.2, -0.15) is 5.10 Å². The van der Waals surface area contributed by atoms with E-state index in [1.54, 1.807) is 18.3 Å². The van der Waals surface area contributed by atoms with Gasteiger partial charge in [0.15, 0.2) is 0 Å². The summed E-state index contributed by atoms with van der Waals surface area (Å²) in [5.41, 5.74) is 3.77. The molecule has 1 fully saturated rings. The van der Waals surface area contributed by atoms with Crippen LogP contribution in [0, 0.1) is 0 Å². The highest BCUT2D eigenvalue weighted by Gasteiger charge is 2.11. The minimum atomic E-state index is -0.121. The molecule has 0 aliphatic carbocycles. The van der Waals surface area contributed by atoms with Gasteiger partial charge in [0.1, 0.15) is 0 Å². The first kappa shape index (κ1) is 16.5. The van der Waals surface area contributed by atoms with Gasteiger partial charge >= 0.3 is 0 Å². The van der Waals surface area contributed by atoms with Gasteiger partial charge in [-0.25, -0.2) is 4.68 Å². The van der Waals surface area contributed by atoms with Crippen LogP contribution >= 0.6 is 0 Å². The van der Waals surface area contributed by atoms with Crippen LogP contribution < -0.4 is 10.5 Å². The molecule has 1 aliphatic rings. The lowest BCUT2D eigenvalue weighted by Gasteiger charge is -2.28. The van der Waals surface area contributed by atoms with Crippen LogP contribution in [0.25, 0.3) is 11.3 Å². The first-order valence-electron chi connectivity index (χ1n) is 9.13. The third-order valence-corrected chi connectivity index (χ3v) is 4.79. The van der Waals surface area contributed by atoms with E-state index in [-0.39, 0.29) is 5.56 Å². The Morgan fingerprint density at radius 3 is 2.42 bits per heavy atom. The molecule has 1 saturated heterocycles. The second kappa shape index (κ2) is 7.52. The highest BCUT2D eigenvalue weighted by Crippen LogP contribution is 2.23. The maximum absolute atomic E-state index is 12.1. The summed E-state index contributed by atoms with van der Waals surface area (Å²) in [7, 11) is 0. The first-order valence-corrected chi connectivity index (χ1v) is 9.13. The molecule has 0 bridgehead atoms. The Labute approximate surface area is 152 Å². The summed E-state index contributed by atoms with van der Waals surface area (Å²) in [4.78, 5) is 18.8. The summed E-state index contributed by atoms with van der Waals surface area (Å²) in [5, 5.41) is 4.53. The summed E-state index contributed by atoms with van der Waals surface area (Å²) < 4.78 is 1.47. The van der Waals surface area contributed by atoms with Crippen molar-refractivity contribution in [3.8, 4) is 11.3 Å². The summed E-state index contributed by atoms with van der Waals surface area (Å²) >= 11 is 0. The van der Waals surface area contributed by atoms with Crippen molar-refractivity contribution in [3.63, 3.8) is 0 Å². The molecule has 0 amide bonds. The molecule has 1 aromatic carbocycles.